The van der Waals surface area contributed by atoms with E-state index in [2.05, 4.69) is 58.2 Å². The van der Waals surface area contributed by atoms with Gasteiger partial charge in [0.25, 0.3) is 0 Å². The minimum absolute atomic E-state index is 1.17. The smallest absolute Gasteiger partial charge is 0.0698 e. The summed E-state index contributed by atoms with van der Waals surface area (Å²) >= 11 is 0. The number of rotatable bonds is 1. The Morgan fingerprint density at radius 3 is 3.00 bits per heavy atom. The standard InChI is InChI=1S/C16H11N2/c1-2-6-14-12(4-1)9-11-18(14)15-7-3-5-13-8-10-17-16(13)15/h2-11,17H. The van der Waals surface area contributed by atoms with Crippen molar-refractivity contribution in [2.75, 3.05) is 0 Å². The molecule has 18 heavy (non-hydrogen) atoms. The molecule has 0 amide bonds. The van der Waals surface area contributed by atoms with E-state index in [9.17, 15) is 0 Å². The van der Waals surface area contributed by atoms with Crippen molar-refractivity contribution in [3.8, 4) is 5.69 Å². The Balaban J connectivity index is 2.10. The summed E-state index contributed by atoms with van der Waals surface area (Å²) < 4.78 is 2.21. The molecular weight excluding hydrogens is 220 g/mol. The minimum Gasteiger partial charge on any atom is -0.359 e. The molecule has 2 heterocycles. The fourth-order valence-corrected chi connectivity index (χ4v) is 2.50. The van der Waals surface area contributed by atoms with Crippen molar-refractivity contribution in [3.63, 3.8) is 0 Å². The van der Waals surface area contributed by atoms with E-state index in [4.69, 9.17) is 0 Å². The van der Waals surface area contributed by atoms with Crippen LogP contribution < -0.4 is 0 Å². The van der Waals surface area contributed by atoms with Crippen molar-refractivity contribution in [3.05, 3.63) is 67.0 Å². The largest absolute Gasteiger partial charge is 0.359 e. The Labute approximate surface area is 104 Å². The van der Waals surface area contributed by atoms with Crippen LogP contribution in [0.2, 0.25) is 0 Å². The third-order valence-electron chi connectivity index (χ3n) is 3.36. The lowest BCUT2D eigenvalue weighted by molar-refractivity contribution is 1.14. The Morgan fingerprint density at radius 2 is 2.00 bits per heavy atom. The van der Waals surface area contributed by atoms with Crippen molar-refractivity contribution in [2.24, 2.45) is 0 Å². The van der Waals surface area contributed by atoms with Crippen molar-refractivity contribution in [2.45, 2.75) is 0 Å². The molecule has 2 heteroatoms. The molecule has 0 aliphatic carbocycles. The summed E-state index contributed by atoms with van der Waals surface area (Å²) in [5.41, 5.74) is 3.55. The quantitative estimate of drug-likeness (QED) is 0.512. The van der Waals surface area contributed by atoms with Crippen LogP contribution in [0.25, 0.3) is 27.5 Å². The van der Waals surface area contributed by atoms with Crippen LogP contribution in [-0.4, -0.2) is 9.55 Å². The van der Waals surface area contributed by atoms with Gasteiger partial charge in [0.1, 0.15) is 0 Å². The highest BCUT2D eigenvalue weighted by Crippen LogP contribution is 2.25. The van der Waals surface area contributed by atoms with Crippen LogP contribution in [0.5, 0.6) is 0 Å². The van der Waals surface area contributed by atoms with Crippen LogP contribution in [0.3, 0.4) is 0 Å². The summed E-state index contributed by atoms with van der Waals surface area (Å²) in [5, 5.41) is 2.44. The molecule has 0 saturated heterocycles. The van der Waals surface area contributed by atoms with Crippen molar-refractivity contribution < 1.29 is 0 Å². The number of para-hydroxylation sites is 1. The number of aromatic amines is 1. The minimum atomic E-state index is 1.17. The van der Waals surface area contributed by atoms with Gasteiger partial charge in [-0.1, -0.05) is 18.2 Å². The van der Waals surface area contributed by atoms with Gasteiger partial charge in [0.2, 0.25) is 0 Å². The number of hydrogen-bond donors (Lipinski definition) is 1. The SMILES string of the molecule is [c]1ccc2c(c1)ccn2-c1cccc2cc[nH]c12. The van der Waals surface area contributed by atoms with Gasteiger partial charge in [0.05, 0.1) is 16.7 Å². The first-order valence-electron chi connectivity index (χ1n) is 5.97. The number of hydrogen-bond acceptors (Lipinski definition) is 0. The zero-order valence-corrected chi connectivity index (χ0v) is 9.72. The normalized spacial score (nSPS) is 11.3. The summed E-state index contributed by atoms with van der Waals surface area (Å²) in [5.74, 6) is 0. The first-order chi connectivity index (χ1) is 8.93. The van der Waals surface area contributed by atoms with E-state index in [0.29, 0.717) is 0 Å². The van der Waals surface area contributed by atoms with Crippen molar-refractivity contribution in [1.29, 1.82) is 0 Å². The monoisotopic (exact) mass is 231 g/mol. The van der Waals surface area contributed by atoms with E-state index >= 15 is 0 Å². The summed E-state index contributed by atoms with van der Waals surface area (Å²) in [6.45, 7) is 0. The number of H-pyrrole nitrogens is 1. The molecule has 4 rings (SSSR count). The average molecular weight is 231 g/mol. The maximum Gasteiger partial charge on any atom is 0.0698 e. The molecule has 0 atom stereocenters. The predicted molar refractivity (Wildman–Crippen MR) is 74.0 cm³/mol. The lowest BCUT2D eigenvalue weighted by Gasteiger charge is -2.06. The molecule has 0 saturated carbocycles. The number of fused-ring (bicyclic) bond motifs is 2. The Kier molecular flexibility index (Phi) is 1.86. The number of aromatic nitrogens is 2. The third-order valence-corrected chi connectivity index (χ3v) is 3.36. The van der Waals surface area contributed by atoms with Crippen LogP contribution in [0.1, 0.15) is 0 Å². The molecule has 0 fully saturated rings. The number of nitrogens with one attached hydrogen (secondary N) is 1. The van der Waals surface area contributed by atoms with Crippen LogP contribution in [0.15, 0.2) is 60.9 Å². The second-order valence-electron chi connectivity index (χ2n) is 4.39. The van der Waals surface area contributed by atoms with E-state index in [1.807, 2.05) is 18.3 Å². The Hall–Kier alpha value is -2.48. The lowest BCUT2D eigenvalue weighted by atomic mass is 10.2. The first kappa shape index (κ1) is 9.54. The molecule has 2 aromatic heterocycles. The maximum absolute atomic E-state index is 3.31. The lowest BCUT2D eigenvalue weighted by Crippen LogP contribution is -1.92. The highest BCUT2D eigenvalue weighted by molar-refractivity contribution is 5.90. The topological polar surface area (TPSA) is 20.7 Å². The third kappa shape index (κ3) is 1.23. The highest BCUT2D eigenvalue weighted by Gasteiger charge is 2.06. The summed E-state index contributed by atoms with van der Waals surface area (Å²) in [7, 11) is 0. The van der Waals surface area contributed by atoms with Gasteiger partial charge >= 0.3 is 0 Å². The van der Waals surface area contributed by atoms with E-state index in [-0.39, 0.29) is 0 Å². The summed E-state index contributed by atoms with van der Waals surface area (Å²) in [4.78, 5) is 3.31. The zero-order chi connectivity index (χ0) is 11.9. The van der Waals surface area contributed by atoms with Gasteiger partial charge in [-0.3, -0.25) is 0 Å². The number of benzene rings is 2. The molecule has 4 aromatic rings. The van der Waals surface area contributed by atoms with Crippen LogP contribution in [0, 0.1) is 6.07 Å². The average Bonchev–Trinajstić information content (AvgIpc) is 3.05. The molecule has 1 N–H and O–H groups in total. The van der Waals surface area contributed by atoms with E-state index in [1.165, 1.54) is 27.5 Å². The van der Waals surface area contributed by atoms with Crippen molar-refractivity contribution in [1.82, 2.24) is 9.55 Å². The van der Waals surface area contributed by atoms with Crippen LogP contribution in [-0.2, 0) is 0 Å². The molecule has 2 aromatic carbocycles. The molecule has 0 aliphatic rings. The van der Waals surface area contributed by atoms with Crippen LogP contribution >= 0.6 is 0 Å². The Morgan fingerprint density at radius 1 is 1.00 bits per heavy atom. The van der Waals surface area contributed by atoms with Gasteiger partial charge in [-0.05, 0) is 36.4 Å². The molecular formula is C16H11N2. The van der Waals surface area contributed by atoms with Gasteiger partial charge < -0.3 is 9.55 Å². The molecule has 1 radical (unpaired) electrons. The molecule has 0 aliphatic heterocycles. The van der Waals surface area contributed by atoms with Gasteiger partial charge in [-0.25, -0.2) is 0 Å². The second-order valence-corrected chi connectivity index (χ2v) is 4.39. The maximum atomic E-state index is 3.31. The summed E-state index contributed by atoms with van der Waals surface area (Å²) in [6.07, 6.45) is 4.09. The molecule has 2 nitrogen and oxygen atoms in total. The fourth-order valence-electron chi connectivity index (χ4n) is 2.50. The molecule has 0 bridgehead atoms. The Bertz CT molecular complexity index is 836. The van der Waals surface area contributed by atoms with Gasteiger partial charge in [-0.2, -0.15) is 0 Å². The van der Waals surface area contributed by atoms with Gasteiger partial charge in [0.15, 0.2) is 0 Å². The van der Waals surface area contributed by atoms with E-state index in [0.717, 1.165) is 0 Å². The van der Waals surface area contributed by atoms with E-state index < -0.39 is 0 Å². The van der Waals surface area contributed by atoms with E-state index in [1.54, 1.807) is 0 Å². The van der Waals surface area contributed by atoms with Gasteiger partial charge in [0, 0.05) is 23.2 Å². The first-order valence-corrected chi connectivity index (χ1v) is 5.97. The van der Waals surface area contributed by atoms with Gasteiger partial charge in [-0.15, -0.1) is 0 Å². The zero-order valence-electron chi connectivity index (χ0n) is 9.72. The predicted octanol–water partition coefficient (Wildman–Crippen LogP) is 3.91. The fraction of sp³-hybridized carbons (Fsp3) is 0. The molecule has 0 spiro atoms. The summed E-state index contributed by atoms with van der Waals surface area (Å²) in [6, 6.07) is 19.7. The van der Waals surface area contributed by atoms with Crippen molar-refractivity contribution >= 4 is 21.8 Å². The molecule has 0 unspecified atom stereocenters. The number of nitrogens with zero attached hydrogens (tertiary/aromatic N) is 1. The second kappa shape index (κ2) is 3.50. The highest BCUT2D eigenvalue weighted by atomic mass is 15.0. The molecule has 85 valence electrons. The van der Waals surface area contributed by atoms with Crippen LogP contribution in [0.4, 0.5) is 0 Å².